The molecule has 0 aliphatic carbocycles. The number of nitrogens with zero attached hydrogens (tertiary/aromatic N) is 1. The van der Waals surface area contributed by atoms with Crippen LogP contribution < -0.4 is 10.1 Å². The van der Waals surface area contributed by atoms with Crippen molar-refractivity contribution in [1.82, 2.24) is 10.3 Å². The molecule has 3 nitrogen and oxygen atoms in total. The number of aromatic nitrogens is 1. The summed E-state index contributed by atoms with van der Waals surface area (Å²) in [6.07, 6.45) is 4.18. The van der Waals surface area contributed by atoms with E-state index in [9.17, 15) is 0 Å². The van der Waals surface area contributed by atoms with Gasteiger partial charge in [-0.15, -0.1) is 0 Å². The fourth-order valence-corrected chi connectivity index (χ4v) is 2.80. The minimum Gasteiger partial charge on any atom is -0.496 e. The number of nitrogens with one attached hydrogen (secondary N) is 1. The molecule has 0 amide bonds. The zero-order valence-electron chi connectivity index (χ0n) is 13.9. The molecule has 0 aromatic carbocycles. The highest BCUT2D eigenvalue weighted by molar-refractivity contribution is 5.41. The first kappa shape index (κ1) is 17.0. The summed E-state index contributed by atoms with van der Waals surface area (Å²) in [5.74, 6) is 2.33. The molecule has 0 radical (unpaired) electrons. The van der Waals surface area contributed by atoms with Crippen LogP contribution >= 0.6 is 0 Å². The fraction of sp³-hybridized carbons (Fsp3) is 0.706. The maximum absolute atomic E-state index is 5.50. The van der Waals surface area contributed by atoms with Gasteiger partial charge in [-0.2, -0.15) is 0 Å². The van der Waals surface area contributed by atoms with Crippen LogP contribution in [0.3, 0.4) is 0 Å². The molecule has 1 rings (SSSR count). The summed E-state index contributed by atoms with van der Waals surface area (Å²) >= 11 is 0. The van der Waals surface area contributed by atoms with Crippen molar-refractivity contribution in [2.45, 2.75) is 47.5 Å². The van der Waals surface area contributed by atoms with E-state index in [0.29, 0.717) is 11.8 Å². The third-order valence-corrected chi connectivity index (χ3v) is 3.72. The molecule has 0 aliphatic rings. The van der Waals surface area contributed by atoms with Crippen molar-refractivity contribution in [2.24, 2.45) is 11.8 Å². The third kappa shape index (κ3) is 4.78. The Morgan fingerprint density at radius 3 is 2.55 bits per heavy atom. The summed E-state index contributed by atoms with van der Waals surface area (Å²) < 4.78 is 5.50. The number of hydrogen-bond donors (Lipinski definition) is 1. The van der Waals surface area contributed by atoms with E-state index < -0.39 is 0 Å². The van der Waals surface area contributed by atoms with Crippen molar-refractivity contribution >= 4 is 0 Å². The van der Waals surface area contributed by atoms with Crippen LogP contribution in [0.5, 0.6) is 5.75 Å². The van der Waals surface area contributed by atoms with Gasteiger partial charge in [0.05, 0.1) is 7.11 Å². The Morgan fingerprint density at radius 2 is 2.00 bits per heavy atom. The van der Waals surface area contributed by atoms with E-state index in [2.05, 4.69) is 38.0 Å². The molecule has 20 heavy (non-hydrogen) atoms. The van der Waals surface area contributed by atoms with Gasteiger partial charge in [-0.3, -0.25) is 4.98 Å². The lowest BCUT2D eigenvalue weighted by molar-refractivity contribution is 0.381. The molecule has 0 fully saturated rings. The third-order valence-electron chi connectivity index (χ3n) is 3.72. The molecule has 0 aliphatic heterocycles. The second kappa shape index (κ2) is 8.25. The molecular formula is C17H30N2O. The van der Waals surface area contributed by atoms with E-state index in [0.717, 1.165) is 30.8 Å². The molecule has 1 atom stereocenters. The highest BCUT2D eigenvalue weighted by atomic mass is 16.5. The molecule has 1 N–H and O–H groups in total. The molecule has 1 unspecified atom stereocenters. The number of pyridine rings is 1. The lowest BCUT2D eigenvalue weighted by Crippen LogP contribution is -2.25. The van der Waals surface area contributed by atoms with Gasteiger partial charge in [-0.1, -0.05) is 20.8 Å². The van der Waals surface area contributed by atoms with Gasteiger partial charge in [0, 0.05) is 23.0 Å². The zero-order valence-corrected chi connectivity index (χ0v) is 13.9. The van der Waals surface area contributed by atoms with Crippen LogP contribution in [0.1, 0.15) is 44.0 Å². The molecule has 1 aromatic rings. The van der Waals surface area contributed by atoms with E-state index >= 15 is 0 Å². The van der Waals surface area contributed by atoms with E-state index in [1.54, 1.807) is 7.11 Å². The minimum absolute atomic E-state index is 0.633. The molecule has 114 valence electrons. The fourth-order valence-electron chi connectivity index (χ4n) is 2.80. The number of rotatable bonds is 8. The van der Waals surface area contributed by atoms with Gasteiger partial charge in [0.15, 0.2) is 0 Å². The van der Waals surface area contributed by atoms with Gasteiger partial charge >= 0.3 is 0 Å². The summed E-state index contributed by atoms with van der Waals surface area (Å²) in [5, 5.41) is 3.47. The van der Waals surface area contributed by atoms with Crippen LogP contribution in [-0.4, -0.2) is 25.2 Å². The highest BCUT2D eigenvalue weighted by Gasteiger charge is 2.16. The Hall–Kier alpha value is -1.09. The van der Waals surface area contributed by atoms with Crippen LogP contribution in [0, 0.1) is 25.7 Å². The summed E-state index contributed by atoms with van der Waals surface area (Å²) in [6.45, 7) is 13.0. The van der Waals surface area contributed by atoms with Gasteiger partial charge in [0.1, 0.15) is 5.75 Å². The smallest absolute Gasteiger partial charge is 0.128 e. The van der Waals surface area contributed by atoms with Crippen molar-refractivity contribution in [3.63, 3.8) is 0 Å². The summed E-state index contributed by atoms with van der Waals surface area (Å²) in [5.41, 5.74) is 3.48. The maximum atomic E-state index is 5.50. The number of methoxy groups -OCH3 is 1. The lowest BCUT2D eigenvalue weighted by atomic mass is 9.91. The van der Waals surface area contributed by atoms with Crippen molar-refractivity contribution < 1.29 is 4.74 Å². The first-order valence-electron chi connectivity index (χ1n) is 7.69. The molecule has 0 saturated carbocycles. The molecule has 1 heterocycles. The number of aryl methyl sites for hydroxylation is 1. The van der Waals surface area contributed by atoms with Crippen LogP contribution in [0.15, 0.2) is 6.20 Å². The SMILES string of the molecule is CCNCC(Cc1ncc(C)c(OC)c1C)CC(C)C. The van der Waals surface area contributed by atoms with Crippen LogP contribution in [-0.2, 0) is 6.42 Å². The van der Waals surface area contributed by atoms with Crippen molar-refractivity contribution in [3.8, 4) is 5.75 Å². The maximum Gasteiger partial charge on any atom is 0.128 e. The van der Waals surface area contributed by atoms with E-state index in [1.807, 2.05) is 13.1 Å². The molecule has 0 saturated heterocycles. The van der Waals surface area contributed by atoms with Gasteiger partial charge in [0.25, 0.3) is 0 Å². The largest absolute Gasteiger partial charge is 0.496 e. The second-order valence-electron chi connectivity index (χ2n) is 6.05. The predicted molar refractivity (Wildman–Crippen MR) is 85.5 cm³/mol. The Kier molecular flexibility index (Phi) is 7.00. The average Bonchev–Trinajstić information content (AvgIpc) is 2.39. The van der Waals surface area contributed by atoms with Gasteiger partial charge in [-0.25, -0.2) is 0 Å². The van der Waals surface area contributed by atoms with E-state index in [4.69, 9.17) is 4.74 Å². The second-order valence-corrected chi connectivity index (χ2v) is 6.05. The van der Waals surface area contributed by atoms with Crippen molar-refractivity contribution in [3.05, 3.63) is 23.0 Å². The molecule has 1 aromatic heterocycles. The Labute approximate surface area is 124 Å². The van der Waals surface area contributed by atoms with Gasteiger partial charge in [0.2, 0.25) is 0 Å². The van der Waals surface area contributed by atoms with Crippen LogP contribution in [0.2, 0.25) is 0 Å². The molecule has 3 heteroatoms. The number of ether oxygens (including phenoxy) is 1. The molecule has 0 bridgehead atoms. The van der Waals surface area contributed by atoms with Gasteiger partial charge < -0.3 is 10.1 Å². The summed E-state index contributed by atoms with van der Waals surface area (Å²) in [4.78, 5) is 4.63. The summed E-state index contributed by atoms with van der Waals surface area (Å²) in [6, 6.07) is 0. The Bertz CT molecular complexity index is 416. The standard InChI is InChI=1S/C17H30N2O/c1-7-18-11-15(8-12(2)3)9-16-14(5)17(20-6)13(4)10-19-16/h10,12,15,18H,7-9,11H2,1-6H3. The molecular weight excluding hydrogens is 248 g/mol. The highest BCUT2D eigenvalue weighted by Crippen LogP contribution is 2.26. The predicted octanol–water partition coefficient (Wildman–Crippen LogP) is 3.52. The van der Waals surface area contributed by atoms with E-state index in [-0.39, 0.29) is 0 Å². The molecule has 0 spiro atoms. The quantitative estimate of drug-likeness (QED) is 0.790. The first-order chi connectivity index (χ1) is 9.49. The first-order valence-corrected chi connectivity index (χ1v) is 7.69. The monoisotopic (exact) mass is 278 g/mol. The Morgan fingerprint density at radius 1 is 1.30 bits per heavy atom. The normalized spacial score (nSPS) is 12.8. The Balaban J connectivity index is 2.87. The van der Waals surface area contributed by atoms with Crippen molar-refractivity contribution in [1.29, 1.82) is 0 Å². The zero-order chi connectivity index (χ0) is 15.1. The lowest BCUT2D eigenvalue weighted by Gasteiger charge is -2.21. The van der Waals surface area contributed by atoms with Crippen molar-refractivity contribution in [2.75, 3.05) is 20.2 Å². The summed E-state index contributed by atoms with van der Waals surface area (Å²) in [7, 11) is 1.74. The number of hydrogen-bond acceptors (Lipinski definition) is 3. The average molecular weight is 278 g/mol. The van der Waals surface area contributed by atoms with E-state index in [1.165, 1.54) is 17.7 Å². The van der Waals surface area contributed by atoms with Gasteiger partial charge in [-0.05, 0) is 51.6 Å². The minimum atomic E-state index is 0.633. The topological polar surface area (TPSA) is 34.2 Å². The van der Waals surface area contributed by atoms with Crippen LogP contribution in [0.25, 0.3) is 0 Å². The van der Waals surface area contributed by atoms with Crippen LogP contribution in [0.4, 0.5) is 0 Å².